The van der Waals surface area contributed by atoms with E-state index in [0.29, 0.717) is 0 Å². The maximum absolute atomic E-state index is 13.3. The van der Waals surface area contributed by atoms with Crippen LogP contribution >= 0.6 is 7.82 Å². The molecule has 0 fully saturated rings. The molecule has 3 aromatic rings. The van der Waals surface area contributed by atoms with Gasteiger partial charge in [-0.2, -0.15) is 4.57 Å². The molecule has 3 heterocycles. The molecule has 0 unspecified atom stereocenters. The molecule has 16 nitrogen and oxygen atoms in total. The summed E-state index contributed by atoms with van der Waals surface area (Å²) in [5, 5.41) is 0. The van der Waals surface area contributed by atoms with E-state index in [1.165, 1.54) is 20.8 Å². The van der Waals surface area contributed by atoms with E-state index in [9.17, 15) is 33.3 Å². The van der Waals surface area contributed by atoms with Gasteiger partial charge in [0.25, 0.3) is 16.7 Å². The van der Waals surface area contributed by atoms with Gasteiger partial charge in [0.15, 0.2) is 0 Å². The van der Waals surface area contributed by atoms with Gasteiger partial charge in [0.2, 0.25) is 0 Å². The standard InChI is InChI=1S/C15H15N6O10P/c1-7-4-19(13(25)16-10(7)22)29-32(28,30-20-5-8(2)11(23)17-14(20)26)31-21-6-9(3)12(24)18-15(21)27/h4-6H,1-3H3,(H,16,22,25)(H,17,23,26)(H,18,24,27). The van der Waals surface area contributed by atoms with E-state index in [0.717, 1.165) is 18.6 Å². The number of aryl methyl sites for hydroxylation is 3. The van der Waals surface area contributed by atoms with E-state index in [2.05, 4.69) is 0 Å². The van der Waals surface area contributed by atoms with Crippen LogP contribution in [0.2, 0.25) is 0 Å². The molecule has 0 aliphatic carbocycles. The minimum atomic E-state index is -5.15. The third-order valence-corrected chi connectivity index (χ3v) is 4.96. The fourth-order valence-electron chi connectivity index (χ4n) is 2.18. The number of aromatic nitrogens is 6. The second-order valence-corrected chi connectivity index (χ2v) is 7.77. The minimum absolute atomic E-state index is 0.0368. The number of nitrogens with one attached hydrogen (secondary N) is 3. The average molecular weight is 470 g/mol. The summed E-state index contributed by atoms with van der Waals surface area (Å²) in [5.74, 6) is 0. The highest BCUT2D eigenvalue weighted by atomic mass is 31.2. The molecule has 3 rings (SSSR count). The Bertz CT molecular complexity index is 1410. The Balaban J connectivity index is 2.14. The van der Waals surface area contributed by atoms with Crippen LogP contribution in [0.4, 0.5) is 0 Å². The summed E-state index contributed by atoms with van der Waals surface area (Å²) in [5.41, 5.74) is -5.96. The average Bonchev–Trinajstić information content (AvgIpc) is 2.68. The lowest BCUT2D eigenvalue weighted by Gasteiger charge is -2.19. The second kappa shape index (κ2) is 8.07. The van der Waals surface area contributed by atoms with E-state index in [1.807, 2.05) is 15.0 Å². The first-order chi connectivity index (χ1) is 14.9. The summed E-state index contributed by atoms with van der Waals surface area (Å²) in [4.78, 5) is 76.4. The Hall–Kier alpha value is -4.33. The van der Waals surface area contributed by atoms with Gasteiger partial charge in [-0.1, -0.05) is 0 Å². The lowest BCUT2D eigenvalue weighted by atomic mass is 10.4. The zero-order valence-electron chi connectivity index (χ0n) is 16.6. The molecule has 0 radical (unpaired) electrons. The fourth-order valence-corrected chi connectivity index (χ4v) is 3.28. The van der Waals surface area contributed by atoms with Crippen molar-refractivity contribution in [3.05, 3.63) is 97.8 Å². The Kier molecular flexibility index (Phi) is 5.64. The molecular formula is C15H15N6O10P. The van der Waals surface area contributed by atoms with Gasteiger partial charge in [-0.15, -0.1) is 14.2 Å². The Morgan fingerprint density at radius 2 is 0.844 bits per heavy atom. The van der Waals surface area contributed by atoms with E-state index in [4.69, 9.17) is 13.9 Å². The number of H-pyrrole nitrogens is 3. The van der Waals surface area contributed by atoms with Crippen molar-refractivity contribution in [1.29, 1.82) is 0 Å². The summed E-state index contributed by atoms with van der Waals surface area (Å²) in [6, 6.07) is 0. The summed E-state index contributed by atoms with van der Waals surface area (Å²) in [7, 11) is -5.15. The molecule has 0 aromatic carbocycles. The van der Waals surface area contributed by atoms with Crippen LogP contribution in [0.25, 0.3) is 0 Å². The smallest absolute Gasteiger partial charge is 0.286 e. The predicted molar refractivity (Wildman–Crippen MR) is 106 cm³/mol. The largest absolute Gasteiger partial charge is 0.706 e. The second-order valence-electron chi connectivity index (χ2n) is 6.38. The van der Waals surface area contributed by atoms with Crippen LogP contribution < -0.4 is 47.6 Å². The third kappa shape index (κ3) is 4.54. The normalized spacial score (nSPS) is 11.2. The van der Waals surface area contributed by atoms with Crippen LogP contribution in [0.5, 0.6) is 0 Å². The van der Waals surface area contributed by atoms with E-state index < -0.39 is 41.6 Å². The highest BCUT2D eigenvalue weighted by Crippen LogP contribution is 2.37. The van der Waals surface area contributed by atoms with Gasteiger partial charge in [0.1, 0.15) is 0 Å². The molecule has 0 aliphatic heterocycles. The van der Waals surface area contributed by atoms with E-state index in [-0.39, 0.29) is 30.9 Å². The zero-order chi connectivity index (χ0) is 23.8. The first-order valence-electron chi connectivity index (χ1n) is 8.56. The summed E-state index contributed by atoms with van der Waals surface area (Å²) in [6.45, 7) is 3.91. The molecule has 170 valence electrons. The topological polar surface area (TPSA) is 209 Å². The van der Waals surface area contributed by atoms with Crippen LogP contribution in [0.1, 0.15) is 16.7 Å². The van der Waals surface area contributed by atoms with Crippen LogP contribution in [0.3, 0.4) is 0 Å². The van der Waals surface area contributed by atoms with Gasteiger partial charge in [-0.05, 0) is 20.8 Å². The number of nitrogens with zero attached hydrogens (tertiary/aromatic N) is 3. The van der Waals surface area contributed by atoms with Crippen molar-refractivity contribution < 1.29 is 18.4 Å². The van der Waals surface area contributed by atoms with E-state index in [1.54, 1.807) is 0 Å². The first-order valence-corrected chi connectivity index (χ1v) is 10.0. The monoisotopic (exact) mass is 470 g/mol. The quantitative estimate of drug-likeness (QED) is 0.310. The number of aromatic amines is 3. The minimum Gasteiger partial charge on any atom is -0.286 e. The molecule has 3 aromatic heterocycles. The van der Waals surface area contributed by atoms with Gasteiger partial charge in [-0.25, -0.2) is 14.4 Å². The lowest BCUT2D eigenvalue weighted by molar-refractivity contribution is 0.0762. The van der Waals surface area contributed by atoms with Gasteiger partial charge in [-0.3, -0.25) is 43.2 Å². The number of rotatable bonds is 6. The van der Waals surface area contributed by atoms with Crippen molar-refractivity contribution in [3.63, 3.8) is 0 Å². The number of hydrogen-bond donors (Lipinski definition) is 3. The molecule has 3 N–H and O–H groups in total. The molecule has 0 aliphatic rings. The Labute approximate surface area is 174 Å². The number of phosphoric acid groups is 1. The molecule has 0 saturated heterocycles. The van der Waals surface area contributed by atoms with Crippen LogP contribution in [-0.4, -0.2) is 29.1 Å². The summed E-state index contributed by atoms with van der Waals surface area (Å²) in [6.07, 6.45) is 2.55. The molecule has 0 bridgehead atoms. The van der Waals surface area contributed by atoms with Crippen molar-refractivity contribution in [2.24, 2.45) is 0 Å². The van der Waals surface area contributed by atoms with Crippen molar-refractivity contribution in [3.8, 4) is 0 Å². The van der Waals surface area contributed by atoms with Gasteiger partial charge >= 0.3 is 24.9 Å². The highest BCUT2D eigenvalue weighted by molar-refractivity contribution is 7.49. The van der Waals surface area contributed by atoms with Gasteiger partial charge in [0.05, 0.1) is 18.6 Å². The fraction of sp³-hybridized carbons (Fsp3) is 0.200. The van der Waals surface area contributed by atoms with Gasteiger partial charge in [0, 0.05) is 16.7 Å². The Morgan fingerprint density at radius 3 is 1.09 bits per heavy atom. The molecule has 0 saturated carbocycles. The summed E-state index contributed by atoms with van der Waals surface area (Å²) >= 11 is 0. The molecule has 0 amide bonds. The molecule has 17 heteroatoms. The predicted octanol–water partition coefficient (Wildman–Crippen LogP) is -3.04. The molecular weight excluding hydrogens is 455 g/mol. The van der Waals surface area contributed by atoms with Crippen LogP contribution in [-0.2, 0) is 4.57 Å². The maximum atomic E-state index is 13.3. The van der Waals surface area contributed by atoms with Gasteiger partial charge < -0.3 is 0 Å². The molecule has 0 atom stereocenters. The van der Waals surface area contributed by atoms with Crippen molar-refractivity contribution in [2.45, 2.75) is 20.8 Å². The number of hydrogen-bond acceptors (Lipinski definition) is 10. The van der Waals surface area contributed by atoms with E-state index >= 15 is 0 Å². The maximum Gasteiger partial charge on any atom is 0.706 e. The SMILES string of the molecule is Cc1cn(OP(=O)(On2cc(C)c(=O)[nH]c2=O)On2cc(C)c(=O)[nH]c2=O)c(=O)[nH]c1=O. The van der Waals surface area contributed by atoms with Crippen molar-refractivity contribution in [1.82, 2.24) is 29.1 Å². The zero-order valence-corrected chi connectivity index (χ0v) is 17.5. The third-order valence-electron chi connectivity index (χ3n) is 3.83. The Morgan fingerprint density at radius 1 is 0.594 bits per heavy atom. The van der Waals surface area contributed by atoms with Crippen LogP contribution in [0, 0.1) is 20.8 Å². The lowest BCUT2D eigenvalue weighted by Crippen LogP contribution is -2.41. The van der Waals surface area contributed by atoms with Crippen molar-refractivity contribution >= 4 is 7.82 Å². The van der Waals surface area contributed by atoms with Crippen molar-refractivity contribution in [2.75, 3.05) is 0 Å². The van der Waals surface area contributed by atoms with Crippen LogP contribution in [0.15, 0.2) is 47.4 Å². The highest BCUT2D eigenvalue weighted by Gasteiger charge is 2.38. The summed E-state index contributed by atoms with van der Waals surface area (Å²) < 4.78 is 29.1. The molecule has 32 heavy (non-hydrogen) atoms. The molecule has 0 spiro atoms. The first kappa shape index (κ1) is 22.4.